The minimum atomic E-state index is 0.317. The van der Waals surface area contributed by atoms with Crippen LogP contribution in [-0.4, -0.2) is 48.8 Å². The highest BCUT2D eigenvalue weighted by atomic mass is 16.3. The largest absolute Gasteiger partial charge is 0.396 e. The summed E-state index contributed by atoms with van der Waals surface area (Å²) in [4.78, 5) is 2.64. The van der Waals surface area contributed by atoms with Crippen LogP contribution in [-0.2, 0) is 0 Å². The van der Waals surface area contributed by atoms with Gasteiger partial charge in [0.05, 0.1) is 0 Å². The first-order valence-electron chi connectivity index (χ1n) is 8.56. The van der Waals surface area contributed by atoms with Crippen LogP contribution >= 0.6 is 0 Å². The third-order valence-corrected chi connectivity index (χ3v) is 4.74. The van der Waals surface area contributed by atoms with E-state index in [9.17, 15) is 0 Å². The fourth-order valence-electron chi connectivity index (χ4n) is 2.86. The van der Waals surface area contributed by atoms with Gasteiger partial charge in [0, 0.05) is 32.3 Å². The van der Waals surface area contributed by atoms with E-state index in [1.54, 1.807) is 0 Å². The van der Waals surface area contributed by atoms with Crippen molar-refractivity contribution in [1.29, 1.82) is 0 Å². The Balaban J connectivity index is 2.47. The molecule has 0 saturated heterocycles. The van der Waals surface area contributed by atoms with Crippen molar-refractivity contribution in [3.05, 3.63) is 0 Å². The van der Waals surface area contributed by atoms with Crippen molar-refractivity contribution in [1.82, 2.24) is 10.2 Å². The lowest BCUT2D eigenvalue weighted by atomic mass is 9.83. The first kappa shape index (κ1) is 17.9. The summed E-state index contributed by atoms with van der Waals surface area (Å²) in [5, 5.41) is 12.7. The molecule has 1 aliphatic rings. The van der Waals surface area contributed by atoms with Gasteiger partial charge in [-0.2, -0.15) is 0 Å². The van der Waals surface area contributed by atoms with E-state index in [0.29, 0.717) is 17.9 Å². The quantitative estimate of drug-likeness (QED) is 0.612. The summed E-state index contributed by atoms with van der Waals surface area (Å²) in [6.45, 7) is 14.0. The number of nitrogens with zero attached hydrogens (tertiary/aromatic N) is 1. The lowest BCUT2D eigenvalue weighted by molar-refractivity contribution is 0.0662. The van der Waals surface area contributed by atoms with E-state index >= 15 is 0 Å². The van der Waals surface area contributed by atoms with Crippen LogP contribution in [0.15, 0.2) is 0 Å². The van der Waals surface area contributed by atoms with Gasteiger partial charge in [-0.3, -0.25) is 4.90 Å². The zero-order valence-electron chi connectivity index (χ0n) is 14.1. The van der Waals surface area contributed by atoms with Crippen molar-refractivity contribution in [3.63, 3.8) is 0 Å². The van der Waals surface area contributed by atoms with E-state index in [-0.39, 0.29) is 0 Å². The maximum atomic E-state index is 9.11. The van der Waals surface area contributed by atoms with Crippen LogP contribution < -0.4 is 5.32 Å². The van der Waals surface area contributed by atoms with Gasteiger partial charge < -0.3 is 10.4 Å². The molecule has 120 valence electrons. The molecule has 0 aromatic heterocycles. The van der Waals surface area contributed by atoms with E-state index in [1.165, 1.54) is 32.2 Å². The van der Waals surface area contributed by atoms with E-state index in [1.807, 2.05) is 0 Å². The van der Waals surface area contributed by atoms with E-state index in [0.717, 1.165) is 32.1 Å². The van der Waals surface area contributed by atoms with Crippen LogP contribution in [0.25, 0.3) is 0 Å². The molecule has 0 heterocycles. The van der Waals surface area contributed by atoms with Crippen LogP contribution in [0, 0.1) is 11.3 Å². The Labute approximate surface area is 126 Å². The van der Waals surface area contributed by atoms with Crippen molar-refractivity contribution < 1.29 is 5.11 Å². The summed E-state index contributed by atoms with van der Waals surface area (Å²) in [6, 6.07) is 0.775. The van der Waals surface area contributed by atoms with Crippen molar-refractivity contribution in [2.24, 2.45) is 11.3 Å². The number of nitrogens with one attached hydrogen (secondary N) is 1. The first-order chi connectivity index (χ1) is 9.50. The third-order valence-electron chi connectivity index (χ3n) is 4.74. The zero-order valence-corrected chi connectivity index (χ0v) is 14.1. The predicted octanol–water partition coefficient (Wildman–Crippen LogP) is 2.89. The van der Waals surface area contributed by atoms with Crippen LogP contribution in [0.1, 0.15) is 59.8 Å². The molecule has 3 heteroatoms. The lowest BCUT2D eigenvalue weighted by Gasteiger charge is -2.43. The maximum absolute atomic E-state index is 9.11. The second-order valence-electron chi connectivity index (χ2n) is 7.32. The Kier molecular flexibility index (Phi) is 8.08. The van der Waals surface area contributed by atoms with Crippen molar-refractivity contribution in [3.8, 4) is 0 Å². The lowest BCUT2D eigenvalue weighted by Crippen LogP contribution is -2.49. The standard InChI is InChI=1S/C17H36N2O/c1-5-17(4,13-18-12-15(2)3)14-19(10-7-11-20)16-8-6-9-16/h15-16,18,20H,5-14H2,1-4H3. The number of hydrogen-bond acceptors (Lipinski definition) is 3. The average Bonchev–Trinajstić information content (AvgIpc) is 2.33. The molecule has 0 aliphatic heterocycles. The molecule has 1 unspecified atom stereocenters. The van der Waals surface area contributed by atoms with Crippen molar-refractivity contribution in [2.75, 3.05) is 32.8 Å². The predicted molar refractivity (Wildman–Crippen MR) is 87.0 cm³/mol. The summed E-state index contributed by atoms with van der Waals surface area (Å²) in [6.07, 6.45) is 6.21. The SMILES string of the molecule is CCC(C)(CNCC(C)C)CN(CCCO)C1CCC1. The summed E-state index contributed by atoms with van der Waals surface area (Å²) < 4.78 is 0. The van der Waals surface area contributed by atoms with Crippen LogP contribution in [0.3, 0.4) is 0 Å². The second-order valence-corrected chi connectivity index (χ2v) is 7.32. The molecule has 2 N–H and O–H groups in total. The molecule has 0 aromatic carbocycles. The monoisotopic (exact) mass is 284 g/mol. The maximum Gasteiger partial charge on any atom is 0.0443 e. The van der Waals surface area contributed by atoms with Crippen LogP contribution in [0.4, 0.5) is 0 Å². The van der Waals surface area contributed by atoms with E-state index in [2.05, 4.69) is 37.9 Å². The number of aliphatic hydroxyl groups is 1. The summed E-state index contributed by atoms with van der Waals surface area (Å²) in [5.41, 5.74) is 0.347. The second kappa shape index (κ2) is 9.01. The molecule has 0 spiro atoms. The van der Waals surface area contributed by atoms with Gasteiger partial charge in [-0.05, 0) is 43.6 Å². The van der Waals surface area contributed by atoms with Gasteiger partial charge >= 0.3 is 0 Å². The zero-order chi connectivity index (χ0) is 15.0. The molecular weight excluding hydrogens is 248 g/mol. The molecule has 0 bridgehead atoms. The molecular formula is C17H36N2O. The van der Waals surface area contributed by atoms with Gasteiger partial charge in [-0.15, -0.1) is 0 Å². The van der Waals surface area contributed by atoms with Gasteiger partial charge in [0.1, 0.15) is 0 Å². The molecule has 1 fully saturated rings. The third kappa shape index (κ3) is 6.11. The van der Waals surface area contributed by atoms with Gasteiger partial charge in [0.15, 0.2) is 0 Å². The molecule has 1 saturated carbocycles. The van der Waals surface area contributed by atoms with Gasteiger partial charge in [-0.1, -0.05) is 34.1 Å². The molecule has 1 rings (SSSR count). The minimum Gasteiger partial charge on any atom is -0.396 e. The van der Waals surface area contributed by atoms with E-state index < -0.39 is 0 Å². The number of aliphatic hydroxyl groups excluding tert-OH is 1. The van der Waals surface area contributed by atoms with Gasteiger partial charge in [-0.25, -0.2) is 0 Å². The smallest absolute Gasteiger partial charge is 0.0443 e. The molecule has 20 heavy (non-hydrogen) atoms. The van der Waals surface area contributed by atoms with E-state index in [4.69, 9.17) is 5.11 Å². The number of hydrogen-bond donors (Lipinski definition) is 2. The number of rotatable bonds is 11. The highest BCUT2D eigenvalue weighted by molar-refractivity contribution is 4.86. The molecule has 0 aromatic rings. The molecule has 0 radical (unpaired) electrons. The topological polar surface area (TPSA) is 35.5 Å². The molecule has 0 amide bonds. The average molecular weight is 284 g/mol. The van der Waals surface area contributed by atoms with Gasteiger partial charge in [0.2, 0.25) is 0 Å². The summed E-state index contributed by atoms with van der Waals surface area (Å²) in [7, 11) is 0. The molecule has 1 aliphatic carbocycles. The minimum absolute atomic E-state index is 0.317. The van der Waals surface area contributed by atoms with Crippen molar-refractivity contribution >= 4 is 0 Å². The van der Waals surface area contributed by atoms with Crippen LogP contribution in [0.5, 0.6) is 0 Å². The Bertz CT molecular complexity index is 253. The summed E-state index contributed by atoms with van der Waals surface area (Å²) >= 11 is 0. The highest BCUT2D eigenvalue weighted by Gasteiger charge is 2.31. The Morgan fingerprint density at radius 2 is 2.05 bits per heavy atom. The summed E-state index contributed by atoms with van der Waals surface area (Å²) in [5.74, 6) is 0.716. The first-order valence-corrected chi connectivity index (χ1v) is 8.56. The Morgan fingerprint density at radius 3 is 2.50 bits per heavy atom. The van der Waals surface area contributed by atoms with Crippen molar-refractivity contribution in [2.45, 2.75) is 65.8 Å². The fraction of sp³-hybridized carbons (Fsp3) is 1.00. The van der Waals surface area contributed by atoms with Gasteiger partial charge in [0.25, 0.3) is 0 Å². The normalized spacial score (nSPS) is 19.4. The van der Waals surface area contributed by atoms with Crippen LogP contribution in [0.2, 0.25) is 0 Å². The highest BCUT2D eigenvalue weighted by Crippen LogP contribution is 2.30. The molecule has 3 nitrogen and oxygen atoms in total. The Morgan fingerprint density at radius 1 is 1.35 bits per heavy atom. The Hall–Kier alpha value is -0.120. The molecule has 1 atom stereocenters. The fourth-order valence-corrected chi connectivity index (χ4v) is 2.86.